The number of carboxylic acid groups (broad SMARTS) is 1. The zero-order valence-electron chi connectivity index (χ0n) is 6.55. The van der Waals surface area contributed by atoms with Gasteiger partial charge in [0.25, 0.3) is 0 Å². The van der Waals surface area contributed by atoms with Crippen LogP contribution in [0.25, 0.3) is 0 Å². The summed E-state index contributed by atoms with van der Waals surface area (Å²) in [6.45, 7) is 0.591. The molecule has 1 aromatic rings. The lowest BCUT2D eigenvalue weighted by Gasteiger charge is -2.05. The molecule has 0 radical (unpaired) electrons. The lowest BCUT2D eigenvalue weighted by atomic mass is 10.2. The summed E-state index contributed by atoms with van der Waals surface area (Å²) in [7, 11) is 0. The predicted octanol–water partition coefficient (Wildman–Crippen LogP) is -0.315. The number of aryl methyl sites for hydroxylation is 1. The number of carbonyl (C=O) groups is 1. The van der Waals surface area contributed by atoms with Crippen LogP contribution in [-0.2, 0) is 11.3 Å². The van der Waals surface area contributed by atoms with E-state index in [0.717, 1.165) is 0 Å². The molecule has 0 amide bonds. The van der Waals surface area contributed by atoms with E-state index in [1.807, 2.05) is 0 Å². The summed E-state index contributed by atoms with van der Waals surface area (Å²) >= 11 is 0. The molecule has 1 rings (SSSR count). The number of imidazole rings is 1. The van der Waals surface area contributed by atoms with Crippen LogP contribution in [0.3, 0.4) is 0 Å². The van der Waals surface area contributed by atoms with E-state index in [0.29, 0.717) is 13.0 Å². The molecule has 12 heavy (non-hydrogen) atoms. The molecule has 0 spiro atoms. The van der Waals surface area contributed by atoms with Crippen LogP contribution in [0.5, 0.6) is 0 Å². The molecule has 1 aromatic heterocycles. The number of nitrogens with zero attached hydrogens (tertiary/aromatic N) is 2. The molecule has 0 saturated carbocycles. The number of carboxylic acids is 1. The zero-order chi connectivity index (χ0) is 8.97. The van der Waals surface area contributed by atoms with Crippen molar-refractivity contribution in [2.24, 2.45) is 5.73 Å². The lowest BCUT2D eigenvalue weighted by Crippen LogP contribution is -2.31. The molecule has 5 nitrogen and oxygen atoms in total. The smallest absolute Gasteiger partial charge is 0.320 e. The Bertz CT molecular complexity index is 245. The van der Waals surface area contributed by atoms with E-state index in [9.17, 15) is 4.79 Å². The van der Waals surface area contributed by atoms with Gasteiger partial charge in [-0.2, -0.15) is 0 Å². The first-order valence-electron chi connectivity index (χ1n) is 3.64. The molecule has 0 aromatic carbocycles. The van der Waals surface area contributed by atoms with Crippen molar-refractivity contribution in [1.82, 2.24) is 9.55 Å². The molecular formula is C7H11N3O2. The minimum absolute atomic E-state index is 0.422. The molecule has 0 saturated heterocycles. The Hall–Kier alpha value is -1.36. The highest BCUT2D eigenvalue weighted by Crippen LogP contribution is 1.94. The summed E-state index contributed by atoms with van der Waals surface area (Å²) in [4.78, 5) is 14.1. The van der Waals surface area contributed by atoms with Gasteiger partial charge in [0.05, 0.1) is 6.33 Å². The van der Waals surface area contributed by atoms with Crippen molar-refractivity contribution in [2.75, 3.05) is 0 Å². The van der Waals surface area contributed by atoms with Crippen LogP contribution in [-0.4, -0.2) is 26.7 Å². The van der Waals surface area contributed by atoms with Gasteiger partial charge in [-0.3, -0.25) is 4.79 Å². The van der Waals surface area contributed by atoms with Gasteiger partial charge >= 0.3 is 5.97 Å². The third-order valence-electron chi connectivity index (χ3n) is 1.57. The normalized spacial score (nSPS) is 12.8. The Kier molecular flexibility index (Phi) is 2.82. The average Bonchev–Trinajstić information content (AvgIpc) is 2.51. The average molecular weight is 169 g/mol. The third-order valence-corrected chi connectivity index (χ3v) is 1.57. The van der Waals surface area contributed by atoms with Crippen LogP contribution in [0.2, 0.25) is 0 Å². The third kappa shape index (κ3) is 2.35. The standard InChI is InChI=1S/C7H11N3O2/c8-6(7(11)12)1-3-10-4-2-9-5-10/h2,4-6H,1,3,8H2,(H,11,12)/t6-/m1/s1. The van der Waals surface area contributed by atoms with Gasteiger partial charge in [0.15, 0.2) is 0 Å². The fourth-order valence-corrected chi connectivity index (χ4v) is 0.831. The van der Waals surface area contributed by atoms with E-state index >= 15 is 0 Å². The van der Waals surface area contributed by atoms with Gasteiger partial charge in [-0.15, -0.1) is 0 Å². The molecule has 0 aliphatic rings. The van der Waals surface area contributed by atoms with Crippen LogP contribution in [0.4, 0.5) is 0 Å². The highest BCUT2D eigenvalue weighted by atomic mass is 16.4. The second-order valence-corrected chi connectivity index (χ2v) is 2.53. The van der Waals surface area contributed by atoms with Crippen LogP contribution in [0, 0.1) is 0 Å². The van der Waals surface area contributed by atoms with Crippen molar-refractivity contribution in [3.63, 3.8) is 0 Å². The first-order valence-corrected chi connectivity index (χ1v) is 3.64. The first kappa shape index (κ1) is 8.73. The maximum absolute atomic E-state index is 10.3. The summed E-state index contributed by atoms with van der Waals surface area (Å²) in [5.74, 6) is -0.963. The number of aliphatic carboxylic acids is 1. The summed E-state index contributed by atoms with van der Waals surface area (Å²) in [6, 6.07) is -0.785. The number of rotatable bonds is 4. The van der Waals surface area contributed by atoms with Crippen molar-refractivity contribution in [3.8, 4) is 0 Å². The van der Waals surface area contributed by atoms with E-state index in [1.54, 1.807) is 23.3 Å². The number of nitrogens with two attached hydrogens (primary N) is 1. The van der Waals surface area contributed by atoms with Crippen LogP contribution in [0.15, 0.2) is 18.7 Å². The molecule has 5 heteroatoms. The van der Waals surface area contributed by atoms with Gasteiger partial charge in [-0.1, -0.05) is 0 Å². The number of hydrogen-bond acceptors (Lipinski definition) is 3. The van der Waals surface area contributed by atoms with E-state index in [1.165, 1.54) is 0 Å². The van der Waals surface area contributed by atoms with Crippen LogP contribution >= 0.6 is 0 Å². The SMILES string of the molecule is N[C@H](CCn1ccnc1)C(=O)O. The van der Waals surface area contributed by atoms with E-state index in [2.05, 4.69) is 4.98 Å². The van der Waals surface area contributed by atoms with Gasteiger partial charge in [-0.05, 0) is 6.42 Å². The van der Waals surface area contributed by atoms with Crippen molar-refractivity contribution in [3.05, 3.63) is 18.7 Å². The Morgan fingerprint density at radius 3 is 3.00 bits per heavy atom. The van der Waals surface area contributed by atoms with E-state index in [-0.39, 0.29) is 0 Å². The minimum Gasteiger partial charge on any atom is -0.480 e. The molecule has 0 unspecified atom stereocenters. The Labute approximate surface area is 69.8 Å². The first-order chi connectivity index (χ1) is 5.70. The highest BCUT2D eigenvalue weighted by molar-refractivity contribution is 5.72. The van der Waals surface area contributed by atoms with Crippen LogP contribution < -0.4 is 5.73 Å². The van der Waals surface area contributed by atoms with Crippen molar-refractivity contribution in [2.45, 2.75) is 19.0 Å². The summed E-state index contributed by atoms with van der Waals surface area (Å²) < 4.78 is 1.79. The number of hydrogen-bond donors (Lipinski definition) is 2. The van der Waals surface area contributed by atoms with E-state index < -0.39 is 12.0 Å². The van der Waals surface area contributed by atoms with Gasteiger partial charge < -0.3 is 15.4 Å². The van der Waals surface area contributed by atoms with Gasteiger partial charge in [0.1, 0.15) is 6.04 Å². The van der Waals surface area contributed by atoms with Crippen LogP contribution in [0.1, 0.15) is 6.42 Å². The molecule has 0 bridgehead atoms. The topological polar surface area (TPSA) is 81.1 Å². The lowest BCUT2D eigenvalue weighted by molar-refractivity contribution is -0.138. The Morgan fingerprint density at radius 1 is 1.75 bits per heavy atom. The molecule has 1 heterocycles. The van der Waals surface area contributed by atoms with Crippen molar-refractivity contribution in [1.29, 1.82) is 0 Å². The second-order valence-electron chi connectivity index (χ2n) is 2.53. The quantitative estimate of drug-likeness (QED) is 0.647. The second kappa shape index (κ2) is 3.87. The van der Waals surface area contributed by atoms with Gasteiger partial charge in [-0.25, -0.2) is 4.98 Å². The Balaban J connectivity index is 2.31. The van der Waals surface area contributed by atoms with Crippen molar-refractivity contribution >= 4 is 5.97 Å². The molecule has 66 valence electrons. The predicted molar refractivity (Wildman–Crippen MR) is 42.5 cm³/mol. The monoisotopic (exact) mass is 169 g/mol. The molecular weight excluding hydrogens is 158 g/mol. The van der Waals surface area contributed by atoms with Crippen molar-refractivity contribution < 1.29 is 9.90 Å². The molecule has 1 atom stereocenters. The summed E-state index contributed by atoms with van der Waals surface area (Å²) in [5, 5.41) is 8.46. The number of aromatic nitrogens is 2. The van der Waals surface area contributed by atoms with E-state index in [4.69, 9.17) is 10.8 Å². The maximum Gasteiger partial charge on any atom is 0.320 e. The fraction of sp³-hybridized carbons (Fsp3) is 0.429. The molecule has 0 aliphatic carbocycles. The molecule has 0 aliphatic heterocycles. The fourth-order valence-electron chi connectivity index (χ4n) is 0.831. The van der Waals surface area contributed by atoms with Gasteiger partial charge in [0.2, 0.25) is 0 Å². The largest absolute Gasteiger partial charge is 0.480 e. The molecule has 0 fully saturated rings. The maximum atomic E-state index is 10.3. The van der Waals surface area contributed by atoms with Gasteiger partial charge in [0, 0.05) is 18.9 Å². The summed E-state index contributed by atoms with van der Waals surface area (Å²) in [5.41, 5.74) is 5.30. The Morgan fingerprint density at radius 2 is 2.50 bits per heavy atom. The molecule has 3 N–H and O–H groups in total. The highest BCUT2D eigenvalue weighted by Gasteiger charge is 2.10. The zero-order valence-corrected chi connectivity index (χ0v) is 6.55. The summed E-state index contributed by atoms with van der Waals surface area (Å²) in [6.07, 6.45) is 5.47. The minimum atomic E-state index is -0.963.